The van der Waals surface area contributed by atoms with Crippen LogP contribution in [0.15, 0.2) is 35.5 Å². The number of imide groups is 1. The molecule has 3 rings (SSSR count). The van der Waals surface area contributed by atoms with Crippen molar-refractivity contribution >= 4 is 52.8 Å². The van der Waals surface area contributed by atoms with Gasteiger partial charge in [-0.2, -0.15) is 0 Å². The molecule has 1 aliphatic rings. The van der Waals surface area contributed by atoms with Gasteiger partial charge in [0.25, 0.3) is 0 Å². The fraction of sp³-hybridized carbons (Fsp3) is 0.389. The maximum Gasteiger partial charge on any atom is 0.324 e. The number of nitrogens with zero attached hydrogens (tertiary/aromatic N) is 2. The normalized spacial score (nSPS) is 14.3. The molecule has 3 amide bonds. The summed E-state index contributed by atoms with van der Waals surface area (Å²) in [5.74, 6) is 0.484. The van der Waals surface area contributed by atoms with Crippen molar-refractivity contribution < 1.29 is 9.59 Å². The number of hydrogen-bond donors (Lipinski definition) is 4. The van der Waals surface area contributed by atoms with Gasteiger partial charge in [0.2, 0.25) is 5.91 Å². The van der Waals surface area contributed by atoms with Crippen molar-refractivity contribution in [2.24, 2.45) is 4.99 Å². The number of aliphatic imine (C=N–C) groups is 1. The van der Waals surface area contributed by atoms with E-state index in [9.17, 15) is 9.59 Å². The second-order valence-electron chi connectivity index (χ2n) is 6.00. The highest BCUT2D eigenvalue weighted by molar-refractivity contribution is 14.0. The Balaban J connectivity index is 0.00000261. The summed E-state index contributed by atoms with van der Waals surface area (Å²) in [6, 6.07) is 7.87. The molecule has 2 aromatic rings. The summed E-state index contributed by atoms with van der Waals surface area (Å²) in [5, 5.41) is 10.1. The van der Waals surface area contributed by atoms with Gasteiger partial charge in [-0.05, 0) is 25.0 Å². The number of aromatic nitrogens is 1. The molecule has 0 radical (unpaired) electrons. The zero-order chi connectivity index (χ0) is 18.4. The van der Waals surface area contributed by atoms with Crippen LogP contribution in [0, 0.1) is 0 Å². The minimum Gasteiger partial charge on any atom is -0.361 e. The lowest BCUT2D eigenvalue weighted by molar-refractivity contribution is -0.124. The highest BCUT2D eigenvalue weighted by atomic mass is 127. The zero-order valence-electron chi connectivity index (χ0n) is 15.2. The third-order valence-electron chi connectivity index (χ3n) is 4.24. The smallest absolute Gasteiger partial charge is 0.324 e. The van der Waals surface area contributed by atoms with Crippen LogP contribution >= 0.6 is 24.0 Å². The molecule has 0 spiro atoms. The lowest BCUT2D eigenvalue weighted by Gasteiger charge is -2.15. The van der Waals surface area contributed by atoms with Crippen LogP contribution in [0.4, 0.5) is 4.79 Å². The van der Waals surface area contributed by atoms with Crippen molar-refractivity contribution in [1.82, 2.24) is 25.8 Å². The van der Waals surface area contributed by atoms with Gasteiger partial charge in [0.05, 0.1) is 6.54 Å². The summed E-state index contributed by atoms with van der Waals surface area (Å²) in [6.07, 6.45) is 2.85. The number of H-pyrrole nitrogens is 1. The number of aromatic amines is 1. The monoisotopic (exact) mass is 484 g/mol. The maximum absolute atomic E-state index is 11.6. The van der Waals surface area contributed by atoms with Gasteiger partial charge in [0.1, 0.15) is 0 Å². The number of rotatable bonds is 7. The van der Waals surface area contributed by atoms with Gasteiger partial charge in [-0.25, -0.2) is 4.79 Å². The van der Waals surface area contributed by atoms with Gasteiger partial charge < -0.3 is 20.9 Å². The summed E-state index contributed by atoms with van der Waals surface area (Å²) in [7, 11) is 0. The van der Waals surface area contributed by atoms with Crippen LogP contribution in [0.5, 0.6) is 0 Å². The molecule has 1 saturated heterocycles. The molecular weight excluding hydrogens is 459 g/mol. The van der Waals surface area contributed by atoms with E-state index in [4.69, 9.17) is 0 Å². The minimum atomic E-state index is -0.335. The third-order valence-corrected chi connectivity index (χ3v) is 4.24. The first-order chi connectivity index (χ1) is 12.7. The summed E-state index contributed by atoms with van der Waals surface area (Å²) in [6.45, 7) is 4.23. The molecular formula is C18H25IN6O2. The Labute approximate surface area is 175 Å². The van der Waals surface area contributed by atoms with E-state index < -0.39 is 0 Å². The molecule has 1 aliphatic heterocycles. The number of urea groups is 1. The molecule has 0 aliphatic carbocycles. The van der Waals surface area contributed by atoms with Crippen molar-refractivity contribution in [2.75, 3.05) is 32.7 Å². The zero-order valence-corrected chi connectivity index (χ0v) is 17.6. The van der Waals surface area contributed by atoms with Crippen molar-refractivity contribution in [3.63, 3.8) is 0 Å². The Morgan fingerprint density at radius 2 is 2.07 bits per heavy atom. The average Bonchev–Trinajstić information content (AvgIpc) is 3.20. The summed E-state index contributed by atoms with van der Waals surface area (Å²) in [4.78, 5) is 32.1. The van der Waals surface area contributed by atoms with Crippen LogP contribution in [0.3, 0.4) is 0 Å². The predicted molar refractivity (Wildman–Crippen MR) is 117 cm³/mol. The summed E-state index contributed by atoms with van der Waals surface area (Å²) < 4.78 is 0. The SMILES string of the molecule is CCNC(=NCCc1c[nH]c2ccccc12)NCCN1C(=O)CNC1=O.I. The number of halogens is 1. The van der Waals surface area contributed by atoms with Crippen LogP contribution in [-0.2, 0) is 11.2 Å². The Hall–Kier alpha value is -2.30. The predicted octanol–water partition coefficient (Wildman–Crippen LogP) is 1.44. The average molecular weight is 484 g/mol. The number of amides is 3. The Kier molecular flexibility index (Phi) is 7.89. The molecule has 1 fully saturated rings. The largest absolute Gasteiger partial charge is 0.361 e. The Morgan fingerprint density at radius 3 is 2.81 bits per heavy atom. The molecule has 1 aromatic heterocycles. The van der Waals surface area contributed by atoms with E-state index in [-0.39, 0.29) is 42.5 Å². The number of nitrogens with one attached hydrogen (secondary N) is 4. The van der Waals surface area contributed by atoms with Crippen molar-refractivity contribution in [3.8, 4) is 0 Å². The van der Waals surface area contributed by atoms with Gasteiger partial charge in [-0.3, -0.25) is 14.7 Å². The highest BCUT2D eigenvalue weighted by Crippen LogP contribution is 2.17. The highest BCUT2D eigenvalue weighted by Gasteiger charge is 2.27. The molecule has 27 heavy (non-hydrogen) atoms. The van der Waals surface area contributed by atoms with Gasteiger partial charge >= 0.3 is 6.03 Å². The number of carbonyl (C=O) groups excluding carboxylic acids is 2. The van der Waals surface area contributed by atoms with E-state index in [1.54, 1.807) is 0 Å². The quantitative estimate of drug-likeness (QED) is 0.207. The number of para-hydroxylation sites is 1. The van der Waals surface area contributed by atoms with Crippen LogP contribution in [0.25, 0.3) is 10.9 Å². The fourth-order valence-corrected chi connectivity index (χ4v) is 2.94. The second-order valence-corrected chi connectivity index (χ2v) is 6.00. The first-order valence-corrected chi connectivity index (χ1v) is 8.84. The maximum atomic E-state index is 11.6. The molecule has 8 nitrogen and oxygen atoms in total. The minimum absolute atomic E-state index is 0. The van der Waals surface area contributed by atoms with Crippen LogP contribution in [-0.4, -0.2) is 60.5 Å². The van der Waals surface area contributed by atoms with Crippen LogP contribution < -0.4 is 16.0 Å². The van der Waals surface area contributed by atoms with Gasteiger partial charge in [-0.1, -0.05) is 18.2 Å². The van der Waals surface area contributed by atoms with Gasteiger partial charge in [0.15, 0.2) is 5.96 Å². The molecule has 0 atom stereocenters. The molecule has 4 N–H and O–H groups in total. The van der Waals surface area contributed by atoms with Crippen molar-refractivity contribution in [1.29, 1.82) is 0 Å². The van der Waals surface area contributed by atoms with Crippen molar-refractivity contribution in [3.05, 3.63) is 36.0 Å². The van der Waals surface area contributed by atoms with E-state index in [0.29, 0.717) is 25.6 Å². The Bertz CT molecular complexity index is 803. The molecule has 0 unspecified atom stereocenters. The van der Waals surface area contributed by atoms with Crippen LogP contribution in [0.2, 0.25) is 0 Å². The van der Waals surface area contributed by atoms with E-state index in [1.807, 2.05) is 25.3 Å². The van der Waals surface area contributed by atoms with E-state index >= 15 is 0 Å². The van der Waals surface area contributed by atoms with Gasteiger partial charge in [-0.15, -0.1) is 24.0 Å². The molecule has 146 valence electrons. The molecule has 9 heteroatoms. The number of benzene rings is 1. The third kappa shape index (κ3) is 5.34. The van der Waals surface area contributed by atoms with E-state index in [2.05, 4.69) is 38.1 Å². The number of hydrogen-bond acceptors (Lipinski definition) is 3. The lowest BCUT2D eigenvalue weighted by Crippen LogP contribution is -2.43. The lowest BCUT2D eigenvalue weighted by atomic mass is 10.1. The number of carbonyl (C=O) groups is 2. The van der Waals surface area contributed by atoms with Crippen molar-refractivity contribution in [2.45, 2.75) is 13.3 Å². The topological polar surface area (TPSA) is 102 Å². The first-order valence-electron chi connectivity index (χ1n) is 8.84. The Morgan fingerprint density at radius 1 is 1.26 bits per heavy atom. The molecule has 0 saturated carbocycles. The van der Waals surface area contributed by atoms with Gasteiger partial charge in [0, 0.05) is 43.3 Å². The number of fused-ring (bicyclic) bond motifs is 1. The molecule has 2 heterocycles. The summed E-state index contributed by atoms with van der Waals surface area (Å²) >= 11 is 0. The molecule has 0 bridgehead atoms. The first kappa shape index (κ1) is 21.0. The molecule has 1 aromatic carbocycles. The fourth-order valence-electron chi connectivity index (χ4n) is 2.94. The van der Waals surface area contributed by atoms with E-state index in [1.165, 1.54) is 15.8 Å². The number of guanidine groups is 1. The second kappa shape index (κ2) is 10.1. The summed E-state index contributed by atoms with van der Waals surface area (Å²) in [5.41, 5.74) is 2.37. The van der Waals surface area contributed by atoms with Crippen LogP contribution in [0.1, 0.15) is 12.5 Å². The standard InChI is InChI=1S/C18H24N6O2.HI/c1-2-19-17(21-9-10-24-16(25)12-23-18(24)26)20-8-7-13-11-22-15-6-4-3-5-14(13)15;/h3-6,11,22H,2,7-10,12H2,1H3,(H,23,26)(H2,19,20,21);1H. The van der Waals surface area contributed by atoms with E-state index in [0.717, 1.165) is 18.5 Å².